The van der Waals surface area contributed by atoms with Gasteiger partial charge in [-0.05, 0) is 20.3 Å². The molecule has 2 heterocycles. The van der Waals surface area contributed by atoms with Gasteiger partial charge >= 0.3 is 0 Å². The summed E-state index contributed by atoms with van der Waals surface area (Å²) in [6.45, 7) is 6.85. The number of carbonyl (C=O) groups is 2. The summed E-state index contributed by atoms with van der Waals surface area (Å²) in [5.41, 5.74) is -0.125. The van der Waals surface area contributed by atoms with Crippen molar-refractivity contribution in [3.8, 4) is 0 Å². The number of likely N-dealkylation sites (tertiary alicyclic amines) is 1. The zero-order chi connectivity index (χ0) is 14.8. The van der Waals surface area contributed by atoms with E-state index in [0.29, 0.717) is 26.2 Å². The van der Waals surface area contributed by atoms with Crippen molar-refractivity contribution in [3.05, 3.63) is 0 Å². The fourth-order valence-electron chi connectivity index (χ4n) is 3.01. The topological polar surface area (TPSA) is 59.1 Å². The molecule has 0 aliphatic carbocycles. The minimum atomic E-state index is -0.125. The maximum Gasteiger partial charge on any atom is 0.248 e. The third kappa shape index (κ3) is 3.12. The molecular weight excluding hydrogens is 260 g/mol. The molecule has 2 aliphatic heterocycles. The molecule has 114 valence electrons. The first-order valence-corrected chi connectivity index (χ1v) is 7.11. The molecule has 2 fully saturated rings. The van der Waals surface area contributed by atoms with Gasteiger partial charge < -0.3 is 19.3 Å². The number of amides is 2. The summed E-state index contributed by atoms with van der Waals surface area (Å²) in [5.74, 6) is 0.0505. The molecule has 0 saturated carbocycles. The highest BCUT2D eigenvalue weighted by Crippen LogP contribution is 2.34. The van der Waals surface area contributed by atoms with Crippen LogP contribution in [0.15, 0.2) is 0 Å². The normalized spacial score (nSPS) is 27.5. The van der Waals surface area contributed by atoms with Crippen molar-refractivity contribution in [1.82, 2.24) is 9.80 Å². The minimum absolute atomic E-state index is 0.0102. The van der Waals surface area contributed by atoms with E-state index in [4.69, 9.17) is 9.47 Å². The Morgan fingerprint density at radius 3 is 2.85 bits per heavy atom. The molecule has 0 bridgehead atoms. The summed E-state index contributed by atoms with van der Waals surface area (Å²) in [6, 6.07) is 0.157. The quantitative estimate of drug-likeness (QED) is 0.738. The Kier molecular flexibility index (Phi) is 4.65. The third-order valence-corrected chi connectivity index (χ3v) is 4.14. The Bertz CT molecular complexity index is 385. The van der Waals surface area contributed by atoms with Crippen molar-refractivity contribution in [2.75, 3.05) is 46.6 Å². The molecule has 1 atom stereocenters. The summed E-state index contributed by atoms with van der Waals surface area (Å²) in [4.78, 5) is 27.6. The SMILES string of the molecule is COCC(=O)N1CCC2(COCC(=O)N(C(C)C)C2)C1. The highest BCUT2D eigenvalue weighted by Gasteiger charge is 2.44. The second-order valence-corrected chi connectivity index (χ2v) is 6.11. The summed E-state index contributed by atoms with van der Waals surface area (Å²) in [5, 5.41) is 0. The molecule has 20 heavy (non-hydrogen) atoms. The molecule has 2 saturated heterocycles. The maximum absolute atomic E-state index is 12.0. The maximum atomic E-state index is 12.0. The van der Waals surface area contributed by atoms with E-state index in [2.05, 4.69) is 0 Å². The number of rotatable bonds is 3. The van der Waals surface area contributed by atoms with E-state index >= 15 is 0 Å². The van der Waals surface area contributed by atoms with Crippen molar-refractivity contribution in [2.45, 2.75) is 26.3 Å². The van der Waals surface area contributed by atoms with Crippen LogP contribution in [0.4, 0.5) is 0 Å². The van der Waals surface area contributed by atoms with Gasteiger partial charge in [-0.15, -0.1) is 0 Å². The first-order chi connectivity index (χ1) is 9.47. The van der Waals surface area contributed by atoms with E-state index in [0.717, 1.165) is 6.42 Å². The second kappa shape index (κ2) is 6.10. The summed E-state index contributed by atoms with van der Waals surface area (Å²) in [7, 11) is 1.53. The average molecular weight is 284 g/mol. The fraction of sp³-hybridized carbons (Fsp3) is 0.857. The van der Waals surface area contributed by atoms with Crippen LogP contribution in [0.5, 0.6) is 0 Å². The molecule has 0 aromatic rings. The van der Waals surface area contributed by atoms with Crippen LogP contribution in [-0.4, -0.2) is 74.2 Å². The van der Waals surface area contributed by atoms with Gasteiger partial charge in [0.1, 0.15) is 13.2 Å². The predicted octanol–water partition coefficient (Wildman–Crippen LogP) is 0.119. The Balaban J connectivity index is 2.07. The molecule has 1 spiro atoms. The zero-order valence-corrected chi connectivity index (χ0v) is 12.6. The van der Waals surface area contributed by atoms with Crippen molar-refractivity contribution >= 4 is 11.8 Å². The number of hydrogen-bond acceptors (Lipinski definition) is 4. The highest BCUT2D eigenvalue weighted by atomic mass is 16.5. The molecule has 2 amide bonds. The number of methoxy groups -OCH3 is 1. The van der Waals surface area contributed by atoms with Crippen molar-refractivity contribution in [2.24, 2.45) is 5.41 Å². The molecule has 2 rings (SSSR count). The van der Waals surface area contributed by atoms with Crippen LogP contribution >= 0.6 is 0 Å². The lowest BCUT2D eigenvalue weighted by molar-refractivity contribution is -0.135. The molecule has 0 N–H and O–H groups in total. The van der Waals surface area contributed by atoms with Gasteiger partial charge in [0.25, 0.3) is 0 Å². The lowest BCUT2D eigenvalue weighted by atomic mass is 9.87. The average Bonchev–Trinajstić information content (AvgIpc) is 2.72. The van der Waals surface area contributed by atoms with Gasteiger partial charge in [0.05, 0.1) is 6.61 Å². The van der Waals surface area contributed by atoms with E-state index < -0.39 is 0 Å². The minimum Gasteiger partial charge on any atom is -0.375 e. The monoisotopic (exact) mass is 284 g/mol. The molecule has 2 aliphatic rings. The van der Waals surface area contributed by atoms with Crippen LogP contribution in [0.1, 0.15) is 20.3 Å². The lowest BCUT2D eigenvalue weighted by Gasteiger charge is -2.34. The van der Waals surface area contributed by atoms with Gasteiger partial charge in [-0.25, -0.2) is 0 Å². The van der Waals surface area contributed by atoms with Gasteiger partial charge in [-0.2, -0.15) is 0 Å². The summed E-state index contributed by atoms with van der Waals surface area (Å²) < 4.78 is 10.5. The van der Waals surface area contributed by atoms with Crippen molar-refractivity contribution in [1.29, 1.82) is 0 Å². The number of nitrogens with zero attached hydrogens (tertiary/aromatic N) is 2. The van der Waals surface area contributed by atoms with E-state index in [-0.39, 0.29) is 36.5 Å². The van der Waals surface area contributed by atoms with E-state index in [1.165, 1.54) is 7.11 Å². The second-order valence-electron chi connectivity index (χ2n) is 6.11. The molecule has 0 aromatic heterocycles. The van der Waals surface area contributed by atoms with Crippen LogP contribution in [0.25, 0.3) is 0 Å². The van der Waals surface area contributed by atoms with Gasteiger partial charge in [0, 0.05) is 38.2 Å². The number of hydrogen-bond donors (Lipinski definition) is 0. The van der Waals surface area contributed by atoms with E-state index in [9.17, 15) is 9.59 Å². The Morgan fingerprint density at radius 2 is 2.20 bits per heavy atom. The standard InChI is InChI=1S/C14H24N2O4/c1-11(2)16-9-14(10-20-7-13(16)18)4-5-15(8-14)12(17)6-19-3/h11H,4-10H2,1-3H3. The van der Waals surface area contributed by atoms with Crippen LogP contribution in [0.2, 0.25) is 0 Å². The third-order valence-electron chi connectivity index (χ3n) is 4.14. The largest absolute Gasteiger partial charge is 0.375 e. The summed E-state index contributed by atoms with van der Waals surface area (Å²) >= 11 is 0. The molecule has 6 heteroatoms. The predicted molar refractivity (Wildman–Crippen MR) is 73.2 cm³/mol. The zero-order valence-electron chi connectivity index (χ0n) is 12.6. The molecule has 0 aromatic carbocycles. The Morgan fingerprint density at radius 1 is 1.45 bits per heavy atom. The molecule has 0 radical (unpaired) electrons. The van der Waals surface area contributed by atoms with Gasteiger partial charge in [0.15, 0.2) is 0 Å². The first-order valence-electron chi connectivity index (χ1n) is 7.11. The molecule has 1 unspecified atom stereocenters. The fourth-order valence-corrected chi connectivity index (χ4v) is 3.01. The van der Waals surface area contributed by atoms with Crippen LogP contribution in [0.3, 0.4) is 0 Å². The van der Waals surface area contributed by atoms with Crippen LogP contribution in [-0.2, 0) is 19.1 Å². The van der Waals surface area contributed by atoms with Crippen LogP contribution in [0, 0.1) is 5.41 Å². The van der Waals surface area contributed by atoms with E-state index in [1.807, 2.05) is 23.6 Å². The van der Waals surface area contributed by atoms with Gasteiger partial charge in [0.2, 0.25) is 11.8 Å². The summed E-state index contributed by atoms with van der Waals surface area (Å²) in [6.07, 6.45) is 0.874. The number of carbonyl (C=O) groups excluding carboxylic acids is 2. The highest BCUT2D eigenvalue weighted by molar-refractivity contribution is 5.79. The smallest absolute Gasteiger partial charge is 0.248 e. The van der Waals surface area contributed by atoms with Crippen molar-refractivity contribution < 1.29 is 19.1 Å². The Labute approximate surface area is 120 Å². The Hall–Kier alpha value is -1.14. The molecular formula is C14H24N2O4. The number of ether oxygens (including phenoxy) is 2. The van der Waals surface area contributed by atoms with E-state index in [1.54, 1.807) is 0 Å². The first kappa shape index (κ1) is 15.3. The lowest BCUT2D eigenvalue weighted by Crippen LogP contribution is -2.46. The molecule has 6 nitrogen and oxygen atoms in total. The van der Waals surface area contributed by atoms with Crippen LogP contribution < -0.4 is 0 Å². The van der Waals surface area contributed by atoms with Crippen molar-refractivity contribution in [3.63, 3.8) is 0 Å². The van der Waals surface area contributed by atoms with Gasteiger partial charge in [-0.3, -0.25) is 9.59 Å². The van der Waals surface area contributed by atoms with Gasteiger partial charge in [-0.1, -0.05) is 0 Å².